The van der Waals surface area contributed by atoms with Crippen molar-refractivity contribution in [1.29, 1.82) is 0 Å². The van der Waals surface area contributed by atoms with Crippen LogP contribution in [0.15, 0.2) is 82.3 Å². The van der Waals surface area contributed by atoms with Gasteiger partial charge in [0.15, 0.2) is 11.5 Å². The van der Waals surface area contributed by atoms with Crippen LogP contribution in [0.25, 0.3) is 22.1 Å². The van der Waals surface area contributed by atoms with E-state index in [0.29, 0.717) is 28.0 Å². The van der Waals surface area contributed by atoms with Crippen molar-refractivity contribution < 1.29 is 18.7 Å². The van der Waals surface area contributed by atoms with E-state index in [-0.39, 0.29) is 6.61 Å². The lowest BCUT2D eigenvalue weighted by molar-refractivity contribution is -0.130. The predicted octanol–water partition coefficient (Wildman–Crippen LogP) is 5.04. The molecule has 1 aromatic heterocycles. The van der Waals surface area contributed by atoms with Crippen LogP contribution < -0.4 is 14.9 Å². The molecule has 6 nitrogen and oxygen atoms in total. The Balaban J connectivity index is 1.23. The van der Waals surface area contributed by atoms with Crippen LogP contribution in [-0.4, -0.2) is 24.8 Å². The van der Waals surface area contributed by atoms with Crippen molar-refractivity contribution in [2.45, 2.75) is 6.10 Å². The van der Waals surface area contributed by atoms with E-state index in [1.807, 2.05) is 60.7 Å². The monoisotopic (exact) mass is 432 g/mol. The maximum absolute atomic E-state index is 12.5. The number of nitrogens with one attached hydrogen (secondary N) is 1. The first-order valence-electron chi connectivity index (χ1n) is 9.67. The number of hydrogen-bond acceptors (Lipinski definition) is 5. The highest BCUT2D eigenvalue weighted by Gasteiger charge is 2.27. The zero-order chi connectivity index (χ0) is 21.2. The van der Waals surface area contributed by atoms with E-state index in [0.717, 1.165) is 16.3 Å². The number of furan rings is 1. The zero-order valence-corrected chi connectivity index (χ0v) is 17.0. The molecule has 0 aliphatic carbocycles. The molecule has 5 rings (SSSR count). The lowest BCUT2D eigenvalue weighted by Crippen LogP contribution is -2.42. The van der Waals surface area contributed by atoms with Crippen LogP contribution in [0.4, 0.5) is 0 Å². The van der Waals surface area contributed by atoms with Crippen molar-refractivity contribution in [1.82, 2.24) is 5.43 Å². The number of hydrogen-bond donors (Lipinski definition) is 1. The molecule has 154 valence electrons. The molecule has 0 spiro atoms. The summed E-state index contributed by atoms with van der Waals surface area (Å²) in [6.45, 7) is 0.104. The van der Waals surface area contributed by atoms with E-state index in [1.54, 1.807) is 12.1 Å². The third-order valence-electron chi connectivity index (χ3n) is 4.87. The lowest BCUT2D eigenvalue weighted by atomic mass is 10.1. The van der Waals surface area contributed by atoms with Gasteiger partial charge in [-0.25, -0.2) is 5.43 Å². The third kappa shape index (κ3) is 4.11. The van der Waals surface area contributed by atoms with Gasteiger partial charge >= 0.3 is 0 Å². The van der Waals surface area contributed by atoms with Crippen LogP contribution in [0.5, 0.6) is 11.5 Å². The summed E-state index contributed by atoms with van der Waals surface area (Å²) in [7, 11) is 0. The molecule has 0 radical (unpaired) electrons. The van der Waals surface area contributed by atoms with Crippen molar-refractivity contribution in [2.75, 3.05) is 6.61 Å². The molecule has 0 bridgehead atoms. The normalized spacial score (nSPS) is 15.3. The number of fused-ring (bicyclic) bond motifs is 2. The number of benzene rings is 3. The Morgan fingerprint density at radius 1 is 1.00 bits per heavy atom. The maximum atomic E-state index is 12.5. The average Bonchev–Trinajstić information content (AvgIpc) is 3.26. The first-order valence-corrected chi connectivity index (χ1v) is 10.0. The Morgan fingerprint density at radius 2 is 1.81 bits per heavy atom. The van der Waals surface area contributed by atoms with Crippen molar-refractivity contribution in [3.8, 4) is 22.8 Å². The summed E-state index contributed by atoms with van der Waals surface area (Å²) < 4.78 is 17.3. The van der Waals surface area contributed by atoms with Gasteiger partial charge in [-0.1, -0.05) is 48.0 Å². The maximum Gasteiger partial charge on any atom is 0.284 e. The molecule has 0 saturated heterocycles. The minimum absolute atomic E-state index is 0.104. The van der Waals surface area contributed by atoms with Gasteiger partial charge in [0, 0.05) is 10.6 Å². The van der Waals surface area contributed by atoms with Crippen LogP contribution in [0.2, 0.25) is 5.02 Å². The van der Waals surface area contributed by atoms with Crippen molar-refractivity contribution >= 4 is 34.5 Å². The highest BCUT2D eigenvalue weighted by molar-refractivity contribution is 6.30. The molecule has 1 aliphatic heterocycles. The highest BCUT2D eigenvalue weighted by Crippen LogP contribution is 2.35. The van der Waals surface area contributed by atoms with E-state index in [2.05, 4.69) is 10.5 Å². The predicted molar refractivity (Wildman–Crippen MR) is 119 cm³/mol. The second-order valence-corrected chi connectivity index (χ2v) is 7.45. The lowest BCUT2D eigenvalue weighted by Gasteiger charge is -2.25. The van der Waals surface area contributed by atoms with Gasteiger partial charge in [-0.15, -0.1) is 0 Å². The summed E-state index contributed by atoms with van der Waals surface area (Å²) in [4.78, 5) is 12.5. The van der Waals surface area contributed by atoms with Crippen LogP contribution in [0.3, 0.4) is 0 Å². The van der Waals surface area contributed by atoms with E-state index in [4.69, 9.17) is 25.5 Å². The Bertz CT molecular complexity index is 1300. The Hall–Kier alpha value is -3.77. The van der Waals surface area contributed by atoms with Crippen molar-refractivity contribution in [3.63, 3.8) is 0 Å². The number of ether oxygens (including phenoxy) is 2. The molecule has 4 aromatic rings. The quantitative estimate of drug-likeness (QED) is 0.362. The minimum atomic E-state index is -0.801. The summed E-state index contributed by atoms with van der Waals surface area (Å²) >= 11 is 6.02. The smallest absolute Gasteiger partial charge is 0.284 e. The fourth-order valence-electron chi connectivity index (χ4n) is 3.34. The fourth-order valence-corrected chi connectivity index (χ4v) is 3.53. The van der Waals surface area contributed by atoms with Gasteiger partial charge < -0.3 is 13.9 Å². The van der Waals surface area contributed by atoms with Gasteiger partial charge in [0.05, 0.1) is 6.21 Å². The molecule has 0 saturated carbocycles. The van der Waals surface area contributed by atoms with Gasteiger partial charge in [-0.05, 0) is 47.2 Å². The second-order valence-electron chi connectivity index (χ2n) is 7.01. The number of carbonyl (C=O) groups is 1. The second kappa shape index (κ2) is 8.16. The number of amides is 1. The molecule has 1 unspecified atom stereocenters. The van der Waals surface area contributed by atoms with E-state index < -0.39 is 12.0 Å². The van der Waals surface area contributed by atoms with Gasteiger partial charge in [-0.3, -0.25) is 4.79 Å². The molecule has 31 heavy (non-hydrogen) atoms. The minimum Gasteiger partial charge on any atom is -0.485 e. The molecule has 0 fully saturated rings. The number of halogens is 1. The number of hydrazone groups is 1. The van der Waals surface area contributed by atoms with Crippen LogP contribution in [0, 0.1) is 0 Å². The summed E-state index contributed by atoms with van der Waals surface area (Å²) in [6.07, 6.45) is 0.626. The standard InChI is InChI=1S/C24H17ClN2O4/c25-18-7-3-6-17(10-18)20-9-8-19(30-20)13-26-27-24(28)23-14-29-21-11-15-4-1-2-5-16(15)12-22(21)31-23/h1-13,23H,14H2,(H,27,28)/b26-13-. The molecule has 3 aromatic carbocycles. The van der Waals surface area contributed by atoms with Crippen LogP contribution >= 0.6 is 11.6 Å². The first-order chi connectivity index (χ1) is 15.2. The Labute approximate surface area is 183 Å². The Morgan fingerprint density at radius 3 is 2.61 bits per heavy atom. The van der Waals surface area contributed by atoms with E-state index >= 15 is 0 Å². The number of carbonyl (C=O) groups excluding carboxylic acids is 1. The van der Waals surface area contributed by atoms with Gasteiger partial charge in [0.25, 0.3) is 5.91 Å². The first kappa shape index (κ1) is 19.2. The molecule has 1 N–H and O–H groups in total. The van der Waals surface area contributed by atoms with Gasteiger partial charge in [0.1, 0.15) is 18.1 Å². The SMILES string of the molecule is O=C(N/N=C\c1ccc(-c2cccc(Cl)c2)o1)C1COc2cc3ccccc3cc2O1. The van der Waals surface area contributed by atoms with Gasteiger partial charge in [0.2, 0.25) is 6.10 Å². The van der Waals surface area contributed by atoms with Crippen LogP contribution in [0.1, 0.15) is 5.76 Å². The number of nitrogens with zero attached hydrogens (tertiary/aromatic N) is 1. The summed E-state index contributed by atoms with van der Waals surface area (Å²) in [5.74, 6) is 1.90. The molecule has 1 atom stereocenters. The largest absolute Gasteiger partial charge is 0.485 e. The average molecular weight is 433 g/mol. The molecule has 7 heteroatoms. The van der Waals surface area contributed by atoms with Crippen molar-refractivity contribution in [2.24, 2.45) is 5.10 Å². The molecular formula is C24H17ClN2O4. The Kier molecular flexibility index (Phi) is 5.06. The van der Waals surface area contributed by atoms with Crippen molar-refractivity contribution in [3.05, 3.63) is 83.6 Å². The molecular weight excluding hydrogens is 416 g/mol. The third-order valence-corrected chi connectivity index (χ3v) is 5.10. The topological polar surface area (TPSA) is 73.1 Å². The summed E-state index contributed by atoms with van der Waals surface area (Å²) in [5.41, 5.74) is 3.33. The van der Waals surface area contributed by atoms with Gasteiger partial charge in [-0.2, -0.15) is 5.10 Å². The molecule has 1 aliphatic rings. The highest BCUT2D eigenvalue weighted by atomic mass is 35.5. The van der Waals surface area contributed by atoms with E-state index in [1.165, 1.54) is 6.21 Å². The number of rotatable bonds is 4. The summed E-state index contributed by atoms with van der Waals surface area (Å²) in [5, 5.41) is 6.65. The molecule has 2 heterocycles. The van der Waals surface area contributed by atoms with E-state index in [9.17, 15) is 4.79 Å². The molecule has 1 amide bonds. The summed E-state index contributed by atoms with van der Waals surface area (Å²) in [6, 6.07) is 22.6. The van der Waals surface area contributed by atoms with Crippen LogP contribution in [-0.2, 0) is 4.79 Å². The fraction of sp³-hybridized carbons (Fsp3) is 0.0833. The zero-order valence-electron chi connectivity index (χ0n) is 16.2.